The largest absolute Gasteiger partial charge is 0.324 e. The molecule has 1 unspecified atom stereocenters. The summed E-state index contributed by atoms with van der Waals surface area (Å²) in [4.78, 5) is 12.5. The zero-order chi connectivity index (χ0) is 14.9. The lowest BCUT2D eigenvalue weighted by Crippen LogP contribution is -2.45. The molecule has 0 aliphatic carbocycles. The van der Waals surface area contributed by atoms with Crippen LogP contribution in [-0.4, -0.2) is 16.1 Å². The lowest BCUT2D eigenvalue weighted by atomic mass is 9.92. The number of carbonyl (C=O) groups is 1. The van der Waals surface area contributed by atoms with Gasteiger partial charge in [0, 0.05) is 5.39 Å². The van der Waals surface area contributed by atoms with Crippen LogP contribution >= 0.6 is 0 Å². The molecule has 1 amide bonds. The van der Waals surface area contributed by atoms with Crippen molar-refractivity contribution in [2.24, 2.45) is 5.73 Å². The fourth-order valence-corrected chi connectivity index (χ4v) is 2.24. The standard InChI is InChI=1S/C16H16N4O/c1-16(17,11-6-3-2-4-7-11)15(21)19-13-8-5-9-14-12(13)10-18-20-14/h2-10H,17H2,1H3,(H,18,20)(H,19,21). The van der Waals surface area contributed by atoms with Crippen molar-refractivity contribution < 1.29 is 4.79 Å². The first-order valence-corrected chi connectivity index (χ1v) is 6.67. The molecular weight excluding hydrogens is 264 g/mol. The van der Waals surface area contributed by atoms with Crippen molar-refractivity contribution in [1.82, 2.24) is 10.2 Å². The zero-order valence-electron chi connectivity index (χ0n) is 11.6. The number of nitrogens with zero attached hydrogens (tertiary/aromatic N) is 1. The van der Waals surface area contributed by atoms with E-state index in [0.717, 1.165) is 16.5 Å². The third kappa shape index (κ3) is 2.39. The van der Waals surface area contributed by atoms with Crippen LogP contribution in [0.3, 0.4) is 0 Å². The monoisotopic (exact) mass is 280 g/mol. The Morgan fingerprint density at radius 2 is 1.95 bits per heavy atom. The molecule has 21 heavy (non-hydrogen) atoms. The summed E-state index contributed by atoms with van der Waals surface area (Å²) in [5.74, 6) is -0.262. The number of nitrogens with two attached hydrogens (primary N) is 1. The predicted octanol–water partition coefficient (Wildman–Crippen LogP) is 2.38. The molecule has 1 heterocycles. The Morgan fingerprint density at radius 1 is 1.19 bits per heavy atom. The van der Waals surface area contributed by atoms with Gasteiger partial charge in [0.2, 0.25) is 5.91 Å². The number of nitrogens with one attached hydrogen (secondary N) is 2. The maximum absolute atomic E-state index is 12.5. The molecule has 2 aromatic carbocycles. The van der Waals surface area contributed by atoms with Crippen molar-refractivity contribution in [3.63, 3.8) is 0 Å². The summed E-state index contributed by atoms with van der Waals surface area (Å²) in [6.45, 7) is 1.70. The molecule has 0 saturated carbocycles. The molecule has 106 valence electrons. The topological polar surface area (TPSA) is 83.8 Å². The summed E-state index contributed by atoms with van der Waals surface area (Å²) in [7, 11) is 0. The highest BCUT2D eigenvalue weighted by Gasteiger charge is 2.30. The van der Waals surface area contributed by atoms with Crippen LogP contribution in [0.4, 0.5) is 5.69 Å². The number of aromatic nitrogens is 2. The number of hydrogen-bond acceptors (Lipinski definition) is 3. The summed E-state index contributed by atoms with van der Waals surface area (Å²) in [6, 6.07) is 14.9. The lowest BCUT2D eigenvalue weighted by Gasteiger charge is -2.24. The highest BCUT2D eigenvalue weighted by atomic mass is 16.2. The predicted molar refractivity (Wildman–Crippen MR) is 82.7 cm³/mol. The van der Waals surface area contributed by atoms with Crippen molar-refractivity contribution in [3.8, 4) is 0 Å². The van der Waals surface area contributed by atoms with E-state index in [2.05, 4.69) is 15.5 Å². The Hall–Kier alpha value is -2.66. The van der Waals surface area contributed by atoms with Crippen molar-refractivity contribution in [3.05, 3.63) is 60.3 Å². The molecule has 0 bridgehead atoms. The van der Waals surface area contributed by atoms with E-state index in [9.17, 15) is 4.79 Å². The van der Waals surface area contributed by atoms with Gasteiger partial charge in [-0.1, -0.05) is 36.4 Å². The third-order valence-electron chi connectivity index (χ3n) is 3.58. The van der Waals surface area contributed by atoms with Gasteiger partial charge in [0.25, 0.3) is 0 Å². The van der Waals surface area contributed by atoms with E-state index >= 15 is 0 Å². The highest BCUT2D eigenvalue weighted by molar-refractivity contribution is 6.04. The minimum absolute atomic E-state index is 0.262. The first-order valence-electron chi connectivity index (χ1n) is 6.67. The first kappa shape index (κ1) is 13.3. The van der Waals surface area contributed by atoms with Gasteiger partial charge in [0.1, 0.15) is 5.54 Å². The minimum atomic E-state index is -1.10. The van der Waals surface area contributed by atoms with Crippen LogP contribution in [0.25, 0.3) is 10.9 Å². The van der Waals surface area contributed by atoms with Crippen LogP contribution in [0.2, 0.25) is 0 Å². The summed E-state index contributed by atoms with van der Waals surface area (Å²) in [5, 5.41) is 10.6. The summed E-state index contributed by atoms with van der Waals surface area (Å²) in [6.07, 6.45) is 1.68. The Bertz CT molecular complexity index is 777. The summed E-state index contributed by atoms with van der Waals surface area (Å²) >= 11 is 0. The van der Waals surface area contributed by atoms with Gasteiger partial charge in [-0.05, 0) is 24.6 Å². The molecule has 4 N–H and O–H groups in total. The van der Waals surface area contributed by atoms with E-state index in [1.807, 2.05) is 48.5 Å². The Labute approximate surface area is 122 Å². The Kier molecular flexibility index (Phi) is 3.19. The van der Waals surface area contributed by atoms with Gasteiger partial charge in [-0.15, -0.1) is 0 Å². The van der Waals surface area contributed by atoms with Crippen LogP contribution in [-0.2, 0) is 10.3 Å². The van der Waals surface area contributed by atoms with Gasteiger partial charge in [0.05, 0.1) is 17.4 Å². The molecule has 0 aliphatic rings. The van der Waals surface area contributed by atoms with E-state index < -0.39 is 5.54 Å². The number of carbonyl (C=O) groups excluding carboxylic acids is 1. The van der Waals surface area contributed by atoms with Crippen molar-refractivity contribution in [2.45, 2.75) is 12.5 Å². The Morgan fingerprint density at radius 3 is 2.71 bits per heavy atom. The zero-order valence-corrected chi connectivity index (χ0v) is 11.6. The van der Waals surface area contributed by atoms with E-state index in [1.54, 1.807) is 13.1 Å². The van der Waals surface area contributed by atoms with Gasteiger partial charge in [-0.25, -0.2) is 0 Å². The number of H-pyrrole nitrogens is 1. The third-order valence-corrected chi connectivity index (χ3v) is 3.58. The molecule has 5 heteroatoms. The van der Waals surface area contributed by atoms with Gasteiger partial charge < -0.3 is 11.1 Å². The molecule has 0 aliphatic heterocycles. The molecule has 0 fully saturated rings. The number of anilines is 1. The van der Waals surface area contributed by atoms with E-state index in [-0.39, 0.29) is 5.91 Å². The number of benzene rings is 2. The number of amides is 1. The minimum Gasteiger partial charge on any atom is -0.324 e. The fraction of sp³-hybridized carbons (Fsp3) is 0.125. The fourth-order valence-electron chi connectivity index (χ4n) is 2.24. The maximum atomic E-state index is 12.5. The smallest absolute Gasteiger partial charge is 0.248 e. The average molecular weight is 280 g/mol. The quantitative estimate of drug-likeness (QED) is 0.688. The summed E-state index contributed by atoms with van der Waals surface area (Å²) < 4.78 is 0. The van der Waals surface area contributed by atoms with E-state index in [0.29, 0.717) is 5.69 Å². The molecule has 0 saturated heterocycles. The molecule has 5 nitrogen and oxygen atoms in total. The molecule has 1 aromatic heterocycles. The van der Waals surface area contributed by atoms with Gasteiger partial charge in [-0.3, -0.25) is 9.89 Å². The van der Waals surface area contributed by atoms with Crippen LogP contribution in [0, 0.1) is 0 Å². The van der Waals surface area contributed by atoms with Gasteiger partial charge >= 0.3 is 0 Å². The second-order valence-electron chi connectivity index (χ2n) is 5.16. The Balaban J connectivity index is 1.91. The van der Waals surface area contributed by atoms with Crippen molar-refractivity contribution >= 4 is 22.5 Å². The van der Waals surface area contributed by atoms with Gasteiger partial charge in [0.15, 0.2) is 0 Å². The van der Waals surface area contributed by atoms with Crippen LogP contribution in [0.15, 0.2) is 54.7 Å². The second-order valence-corrected chi connectivity index (χ2v) is 5.16. The molecule has 3 rings (SSSR count). The van der Waals surface area contributed by atoms with Gasteiger partial charge in [-0.2, -0.15) is 5.10 Å². The van der Waals surface area contributed by atoms with Crippen molar-refractivity contribution in [1.29, 1.82) is 0 Å². The lowest BCUT2D eigenvalue weighted by molar-refractivity contribution is -0.120. The molecular formula is C16H16N4O. The SMILES string of the molecule is CC(N)(C(=O)Nc1cccc2[nH]ncc12)c1ccccc1. The average Bonchev–Trinajstić information content (AvgIpc) is 2.97. The van der Waals surface area contributed by atoms with E-state index in [4.69, 9.17) is 5.73 Å². The van der Waals surface area contributed by atoms with Crippen LogP contribution in [0.5, 0.6) is 0 Å². The number of rotatable bonds is 3. The molecule has 3 aromatic rings. The number of hydrogen-bond donors (Lipinski definition) is 3. The second kappa shape index (κ2) is 5.03. The van der Waals surface area contributed by atoms with Crippen LogP contribution in [0.1, 0.15) is 12.5 Å². The summed E-state index contributed by atoms with van der Waals surface area (Å²) in [5.41, 5.74) is 7.44. The number of aromatic amines is 1. The van der Waals surface area contributed by atoms with Crippen LogP contribution < -0.4 is 11.1 Å². The highest BCUT2D eigenvalue weighted by Crippen LogP contribution is 2.24. The normalized spacial score (nSPS) is 13.8. The molecule has 0 spiro atoms. The number of fused-ring (bicyclic) bond motifs is 1. The molecule has 1 atom stereocenters. The van der Waals surface area contributed by atoms with Crippen molar-refractivity contribution in [2.75, 3.05) is 5.32 Å². The van der Waals surface area contributed by atoms with E-state index in [1.165, 1.54) is 0 Å². The molecule has 0 radical (unpaired) electrons. The maximum Gasteiger partial charge on any atom is 0.248 e. The first-order chi connectivity index (χ1) is 10.1.